The van der Waals surface area contributed by atoms with E-state index in [0.717, 1.165) is 25.7 Å². The standard InChI is InChI=1S/C15H29N3O3S/c1-2-10-22(20,21)17-14-6-8-18(9-7-14)15(19)12-4-3-5-13(16)11-12/h12-14,17H,2-11,16H2,1H3. The molecule has 22 heavy (non-hydrogen) atoms. The highest BCUT2D eigenvalue weighted by Crippen LogP contribution is 2.26. The Morgan fingerprint density at radius 1 is 1.23 bits per heavy atom. The second kappa shape index (κ2) is 7.75. The average Bonchev–Trinajstić information content (AvgIpc) is 2.47. The molecule has 0 aromatic heterocycles. The molecule has 2 unspecified atom stereocenters. The number of piperidine rings is 1. The van der Waals surface area contributed by atoms with E-state index < -0.39 is 10.0 Å². The summed E-state index contributed by atoms with van der Waals surface area (Å²) in [6, 6.07) is 0.121. The van der Waals surface area contributed by atoms with Gasteiger partial charge in [0.1, 0.15) is 0 Å². The lowest BCUT2D eigenvalue weighted by Crippen LogP contribution is -2.49. The first-order valence-corrected chi connectivity index (χ1v) is 10.1. The zero-order valence-electron chi connectivity index (χ0n) is 13.5. The quantitative estimate of drug-likeness (QED) is 0.780. The topological polar surface area (TPSA) is 92.5 Å². The van der Waals surface area contributed by atoms with E-state index in [2.05, 4.69) is 4.72 Å². The smallest absolute Gasteiger partial charge is 0.225 e. The van der Waals surface area contributed by atoms with E-state index in [1.165, 1.54) is 0 Å². The van der Waals surface area contributed by atoms with Gasteiger partial charge in [-0.15, -0.1) is 0 Å². The molecule has 128 valence electrons. The summed E-state index contributed by atoms with van der Waals surface area (Å²) in [7, 11) is -3.17. The largest absolute Gasteiger partial charge is 0.342 e. The van der Waals surface area contributed by atoms with E-state index >= 15 is 0 Å². The molecule has 2 aliphatic rings. The lowest BCUT2D eigenvalue weighted by atomic mass is 9.85. The number of amides is 1. The van der Waals surface area contributed by atoms with E-state index in [1.807, 2.05) is 11.8 Å². The molecular formula is C15H29N3O3S. The first-order valence-electron chi connectivity index (χ1n) is 8.45. The van der Waals surface area contributed by atoms with Gasteiger partial charge >= 0.3 is 0 Å². The monoisotopic (exact) mass is 331 g/mol. The van der Waals surface area contributed by atoms with Gasteiger partial charge in [-0.2, -0.15) is 0 Å². The van der Waals surface area contributed by atoms with Gasteiger partial charge in [0.15, 0.2) is 0 Å². The summed E-state index contributed by atoms with van der Waals surface area (Å²) in [4.78, 5) is 14.4. The highest BCUT2D eigenvalue weighted by molar-refractivity contribution is 7.89. The molecule has 6 nitrogen and oxygen atoms in total. The molecule has 3 N–H and O–H groups in total. The van der Waals surface area contributed by atoms with Crippen molar-refractivity contribution in [3.63, 3.8) is 0 Å². The molecule has 0 aromatic carbocycles. The third-order valence-electron chi connectivity index (χ3n) is 4.69. The fourth-order valence-corrected chi connectivity index (χ4v) is 4.91. The first-order chi connectivity index (χ1) is 10.4. The minimum absolute atomic E-state index is 0.0331. The normalized spacial score (nSPS) is 27.8. The van der Waals surface area contributed by atoms with Crippen LogP contribution in [0, 0.1) is 5.92 Å². The van der Waals surface area contributed by atoms with Crippen LogP contribution in [0.1, 0.15) is 51.9 Å². The second-order valence-corrected chi connectivity index (χ2v) is 8.53. The molecule has 2 rings (SSSR count). The summed E-state index contributed by atoms with van der Waals surface area (Å²) >= 11 is 0. The predicted molar refractivity (Wildman–Crippen MR) is 86.7 cm³/mol. The van der Waals surface area contributed by atoms with Gasteiger partial charge in [0.05, 0.1) is 5.75 Å². The SMILES string of the molecule is CCCS(=O)(=O)NC1CCN(C(=O)C2CCCC(N)C2)CC1. The van der Waals surface area contributed by atoms with Gasteiger partial charge in [-0.1, -0.05) is 13.3 Å². The van der Waals surface area contributed by atoms with E-state index in [4.69, 9.17) is 5.73 Å². The van der Waals surface area contributed by atoms with Gasteiger partial charge in [0.25, 0.3) is 0 Å². The number of likely N-dealkylation sites (tertiary alicyclic amines) is 1. The summed E-state index contributed by atoms with van der Waals surface area (Å²) < 4.78 is 26.3. The summed E-state index contributed by atoms with van der Waals surface area (Å²) in [5, 5.41) is 0. The van der Waals surface area contributed by atoms with Crippen molar-refractivity contribution < 1.29 is 13.2 Å². The Hall–Kier alpha value is -0.660. The number of rotatable bonds is 5. The lowest BCUT2D eigenvalue weighted by Gasteiger charge is -2.36. The maximum atomic E-state index is 12.5. The van der Waals surface area contributed by atoms with E-state index in [0.29, 0.717) is 32.4 Å². The fourth-order valence-electron chi connectivity index (χ4n) is 3.51. The number of hydrogen-bond donors (Lipinski definition) is 2. The molecule has 2 atom stereocenters. The Morgan fingerprint density at radius 2 is 1.91 bits per heavy atom. The number of carbonyl (C=O) groups is 1. The second-order valence-electron chi connectivity index (χ2n) is 6.66. The van der Waals surface area contributed by atoms with Crippen molar-refractivity contribution in [3.8, 4) is 0 Å². The van der Waals surface area contributed by atoms with Crippen LogP contribution in [-0.4, -0.2) is 50.2 Å². The molecule has 0 bridgehead atoms. The molecule has 1 aliphatic carbocycles. The molecule has 1 saturated heterocycles. The van der Waals surface area contributed by atoms with Crippen LogP contribution in [0.25, 0.3) is 0 Å². The number of sulfonamides is 1. The Kier molecular flexibility index (Phi) is 6.23. The van der Waals surface area contributed by atoms with Crippen LogP contribution >= 0.6 is 0 Å². The number of nitrogens with one attached hydrogen (secondary N) is 1. The Morgan fingerprint density at radius 3 is 2.50 bits per heavy atom. The highest BCUT2D eigenvalue weighted by Gasteiger charge is 2.31. The first kappa shape index (κ1) is 17.7. The molecule has 1 aliphatic heterocycles. The zero-order chi connectivity index (χ0) is 16.2. The number of nitrogens with two attached hydrogens (primary N) is 1. The Balaban J connectivity index is 1.80. The van der Waals surface area contributed by atoms with Crippen molar-refractivity contribution in [2.45, 2.75) is 64.0 Å². The molecule has 2 fully saturated rings. The summed E-state index contributed by atoms with van der Waals surface area (Å²) in [6.07, 6.45) is 5.81. The molecule has 0 radical (unpaired) electrons. The van der Waals surface area contributed by atoms with Gasteiger partial charge < -0.3 is 10.6 Å². The van der Waals surface area contributed by atoms with Crippen LogP contribution < -0.4 is 10.5 Å². The summed E-state index contributed by atoms with van der Waals surface area (Å²) in [6.45, 7) is 3.14. The third kappa shape index (κ3) is 4.93. The number of carbonyl (C=O) groups excluding carboxylic acids is 1. The van der Waals surface area contributed by atoms with E-state index in [1.54, 1.807) is 0 Å². The van der Waals surface area contributed by atoms with Crippen molar-refractivity contribution in [3.05, 3.63) is 0 Å². The van der Waals surface area contributed by atoms with Crippen LogP contribution in [0.5, 0.6) is 0 Å². The molecule has 7 heteroatoms. The van der Waals surface area contributed by atoms with Crippen molar-refractivity contribution in [1.82, 2.24) is 9.62 Å². The van der Waals surface area contributed by atoms with Crippen molar-refractivity contribution in [2.24, 2.45) is 11.7 Å². The van der Waals surface area contributed by atoms with Crippen LogP contribution in [0.4, 0.5) is 0 Å². The zero-order valence-corrected chi connectivity index (χ0v) is 14.3. The highest BCUT2D eigenvalue weighted by atomic mass is 32.2. The molecule has 1 heterocycles. The van der Waals surface area contributed by atoms with Crippen molar-refractivity contribution in [1.29, 1.82) is 0 Å². The van der Waals surface area contributed by atoms with Gasteiger partial charge in [-0.05, 0) is 38.5 Å². The maximum absolute atomic E-state index is 12.5. The third-order valence-corrected chi connectivity index (χ3v) is 6.33. The predicted octanol–water partition coefficient (Wildman–Crippen LogP) is 0.824. The van der Waals surface area contributed by atoms with Gasteiger partial charge in [-0.3, -0.25) is 4.79 Å². The van der Waals surface area contributed by atoms with E-state index in [9.17, 15) is 13.2 Å². The van der Waals surface area contributed by atoms with Gasteiger partial charge in [-0.25, -0.2) is 13.1 Å². The fraction of sp³-hybridized carbons (Fsp3) is 0.933. The van der Waals surface area contributed by atoms with E-state index in [-0.39, 0.29) is 29.7 Å². The minimum Gasteiger partial charge on any atom is -0.342 e. The Labute approximate surface area is 133 Å². The minimum atomic E-state index is -3.17. The molecule has 0 spiro atoms. The molecule has 1 amide bonds. The van der Waals surface area contributed by atoms with Crippen LogP contribution in [0.3, 0.4) is 0 Å². The average molecular weight is 331 g/mol. The van der Waals surface area contributed by atoms with Crippen LogP contribution in [0.2, 0.25) is 0 Å². The van der Waals surface area contributed by atoms with Crippen LogP contribution in [-0.2, 0) is 14.8 Å². The lowest BCUT2D eigenvalue weighted by molar-refractivity contribution is -0.137. The molecule has 0 aromatic rings. The summed E-state index contributed by atoms with van der Waals surface area (Å²) in [5.41, 5.74) is 5.96. The molecular weight excluding hydrogens is 302 g/mol. The summed E-state index contributed by atoms with van der Waals surface area (Å²) in [5.74, 6) is 0.452. The van der Waals surface area contributed by atoms with Crippen molar-refractivity contribution in [2.75, 3.05) is 18.8 Å². The number of hydrogen-bond acceptors (Lipinski definition) is 4. The Bertz CT molecular complexity index is 472. The van der Waals surface area contributed by atoms with Crippen LogP contribution in [0.15, 0.2) is 0 Å². The van der Waals surface area contributed by atoms with Crippen molar-refractivity contribution >= 4 is 15.9 Å². The van der Waals surface area contributed by atoms with Gasteiger partial charge in [0.2, 0.25) is 15.9 Å². The molecule has 1 saturated carbocycles. The number of nitrogens with zero attached hydrogens (tertiary/aromatic N) is 1. The maximum Gasteiger partial charge on any atom is 0.225 e. The van der Waals surface area contributed by atoms with Gasteiger partial charge in [0, 0.05) is 31.1 Å².